The van der Waals surface area contributed by atoms with Crippen LogP contribution in [0.2, 0.25) is 0 Å². The van der Waals surface area contributed by atoms with Crippen LogP contribution in [0, 0.1) is 5.92 Å². The van der Waals surface area contributed by atoms with E-state index in [0.29, 0.717) is 6.42 Å². The molecule has 0 saturated carbocycles. The van der Waals surface area contributed by atoms with Gasteiger partial charge in [0.15, 0.2) is 0 Å². The first kappa shape index (κ1) is 27.4. The fourth-order valence-electron chi connectivity index (χ4n) is 3.01. The van der Waals surface area contributed by atoms with Crippen molar-refractivity contribution in [2.45, 2.75) is 84.0 Å². The Morgan fingerprint density at radius 3 is 2.26 bits per heavy atom. The minimum Gasteiger partial charge on any atom is -0.778 e. The monoisotopic (exact) mass is 410 g/mol. The van der Waals surface area contributed by atoms with Gasteiger partial charge in [0.25, 0.3) is 0 Å². The molecule has 1 unspecified atom stereocenters. The number of hydrogen-bond donors (Lipinski definition) is 0. The minimum absolute atomic E-state index is 0. The predicted molar refractivity (Wildman–Crippen MR) is 103 cm³/mol. The predicted octanol–water partition coefficient (Wildman–Crippen LogP) is 1.99. The molecule has 0 aromatic carbocycles. The number of ether oxygens (including phenoxy) is 1. The number of unbranched alkanes of at least 4 members (excludes halogenated alkanes) is 9. The maximum Gasteiger partial charge on any atom is 1.00 e. The van der Waals surface area contributed by atoms with Crippen molar-refractivity contribution in [3.63, 3.8) is 0 Å². The summed E-state index contributed by atoms with van der Waals surface area (Å²) < 4.78 is 21.0. The van der Waals surface area contributed by atoms with E-state index in [4.69, 9.17) is 4.74 Å². The van der Waals surface area contributed by atoms with E-state index in [1.807, 2.05) is 0 Å². The quantitative estimate of drug-likeness (QED) is 0.136. The van der Waals surface area contributed by atoms with Crippen LogP contribution in [0.4, 0.5) is 0 Å². The van der Waals surface area contributed by atoms with E-state index in [9.17, 15) is 14.3 Å². The van der Waals surface area contributed by atoms with E-state index in [0.717, 1.165) is 25.7 Å². The van der Waals surface area contributed by atoms with Crippen LogP contribution in [0.3, 0.4) is 0 Å². The topological polar surface area (TPSA) is 75.7 Å². The summed E-state index contributed by atoms with van der Waals surface area (Å²) >= 11 is 0. The van der Waals surface area contributed by atoms with E-state index >= 15 is 0 Å². The Bertz CT molecular complexity index is 456. The van der Waals surface area contributed by atoms with Crippen LogP contribution in [-0.2, 0) is 18.6 Å². The van der Waals surface area contributed by atoms with Crippen molar-refractivity contribution in [3.8, 4) is 0 Å². The van der Waals surface area contributed by atoms with Crippen LogP contribution in [-0.4, -0.2) is 25.3 Å². The van der Waals surface area contributed by atoms with E-state index in [2.05, 4.69) is 23.6 Å². The van der Waals surface area contributed by atoms with Gasteiger partial charge in [-0.2, -0.15) is 0 Å². The molecule has 1 aliphatic rings. The summed E-state index contributed by atoms with van der Waals surface area (Å²) in [5, 5.41) is 0. The van der Waals surface area contributed by atoms with Gasteiger partial charge in [-0.1, -0.05) is 57.6 Å². The summed E-state index contributed by atoms with van der Waals surface area (Å²) in [7, 11) is -3.66. The number of allylic oxidation sites excluding steroid dienone is 2. The number of rotatable bonds is 15. The second-order valence-corrected chi connectivity index (χ2v) is 9.11. The van der Waals surface area contributed by atoms with Gasteiger partial charge in [0, 0.05) is 18.5 Å². The second kappa shape index (κ2) is 17.2. The summed E-state index contributed by atoms with van der Waals surface area (Å²) in [6, 6.07) is 0. The number of carbonyl (C=O) groups is 1. The fourth-order valence-corrected chi connectivity index (χ4v) is 4.40. The van der Waals surface area contributed by atoms with Gasteiger partial charge in [0.05, 0.1) is 13.2 Å². The maximum atomic E-state index is 11.6. The van der Waals surface area contributed by atoms with E-state index in [1.165, 1.54) is 44.9 Å². The summed E-state index contributed by atoms with van der Waals surface area (Å²) in [5.74, 6) is -0.439. The van der Waals surface area contributed by atoms with E-state index < -0.39 is 7.60 Å². The Labute approximate surface area is 187 Å². The number of esters is 1. The van der Waals surface area contributed by atoms with Gasteiger partial charge in [-0.25, -0.2) is 0 Å². The molecular weight excluding hydrogens is 374 g/mol. The molecule has 0 spiro atoms. The van der Waals surface area contributed by atoms with Crippen LogP contribution < -0.4 is 34.5 Å². The third kappa shape index (κ3) is 15.9. The van der Waals surface area contributed by atoms with Gasteiger partial charge in [0.1, 0.15) is 7.60 Å². The number of carbonyl (C=O) groups excluding carboxylic acids is 1. The van der Waals surface area contributed by atoms with Crippen LogP contribution in [0.25, 0.3) is 0 Å². The summed E-state index contributed by atoms with van der Waals surface area (Å²) in [4.78, 5) is 22.8. The van der Waals surface area contributed by atoms with Crippen LogP contribution in [0.15, 0.2) is 12.2 Å². The molecule has 152 valence electrons. The Morgan fingerprint density at radius 2 is 1.67 bits per heavy atom. The minimum atomic E-state index is -3.66. The summed E-state index contributed by atoms with van der Waals surface area (Å²) in [6.45, 7) is 2.52. The van der Waals surface area contributed by atoms with Crippen molar-refractivity contribution < 1.29 is 53.1 Å². The molecule has 0 N–H and O–H groups in total. The van der Waals surface area contributed by atoms with E-state index in [1.54, 1.807) is 0 Å². The Hall–Kier alpha value is 0.360. The van der Waals surface area contributed by atoms with Gasteiger partial charge in [-0.3, -0.25) is 4.79 Å². The molecule has 1 rings (SSSR count). The summed E-state index contributed by atoms with van der Waals surface area (Å²) in [5.41, 5.74) is 0. The standard InChI is InChI=1S/C20H37O5P.Na/c1-2-3-4-5-6-7-8-9-10-11-12-13-14-15-20(21)24-16-19-17-25-26(22,23)18-19;/h7-8,19H,2-6,9-18H2,1H3,(H,22,23);/q;+1/p-1/b8-7-;/t19-;/m1./s1. The Balaban J connectivity index is 0.00000676. The first-order valence-electron chi connectivity index (χ1n) is 10.3. The normalized spacial score (nSPS) is 22.1. The maximum absolute atomic E-state index is 11.6. The molecule has 2 atom stereocenters. The largest absolute Gasteiger partial charge is 1.00 e. The van der Waals surface area contributed by atoms with Gasteiger partial charge in [-0.05, 0) is 32.1 Å². The molecule has 1 heterocycles. The summed E-state index contributed by atoms with van der Waals surface area (Å²) in [6.07, 6.45) is 18.1. The van der Waals surface area contributed by atoms with Crippen molar-refractivity contribution in [1.29, 1.82) is 0 Å². The molecule has 1 saturated heterocycles. The third-order valence-electron chi connectivity index (χ3n) is 4.61. The zero-order valence-corrected chi connectivity index (χ0v) is 20.2. The molecular formula is C20H36NaO5P. The van der Waals surface area contributed by atoms with Crippen LogP contribution in [0.5, 0.6) is 0 Å². The molecule has 7 heteroatoms. The van der Waals surface area contributed by atoms with Gasteiger partial charge >= 0.3 is 35.5 Å². The fraction of sp³-hybridized carbons (Fsp3) is 0.850. The molecule has 5 nitrogen and oxygen atoms in total. The first-order valence-corrected chi connectivity index (χ1v) is 12.0. The van der Waals surface area contributed by atoms with Crippen molar-refractivity contribution >= 4 is 13.6 Å². The molecule has 0 aromatic rings. The van der Waals surface area contributed by atoms with E-state index in [-0.39, 0.29) is 60.8 Å². The SMILES string of the molecule is CCCCCC/C=C\CCCCCCCC(=O)OC[C@@H]1COP(=O)([O-])C1.[Na+]. The number of hydrogen-bond acceptors (Lipinski definition) is 5. The van der Waals surface area contributed by atoms with Crippen LogP contribution in [0.1, 0.15) is 84.0 Å². The van der Waals surface area contributed by atoms with Gasteiger partial charge in [0.2, 0.25) is 0 Å². The van der Waals surface area contributed by atoms with Gasteiger partial charge < -0.3 is 18.7 Å². The zero-order chi connectivity index (χ0) is 19.1. The molecule has 1 aliphatic heterocycles. The molecule has 0 radical (unpaired) electrons. The molecule has 1 fully saturated rings. The Morgan fingerprint density at radius 1 is 1.07 bits per heavy atom. The smallest absolute Gasteiger partial charge is 0.778 e. The van der Waals surface area contributed by atoms with Crippen molar-refractivity contribution in [3.05, 3.63) is 12.2 Å². The second-order valence-electron chi connectivity index (χ2n) is 7.27. The van der Waals surface area contributed by atoms with Crippen molar-refractivity contribution in [2.24, 2.45) is 5.92 Å². The molecule has 0 amide bonds. The molecule has 0 aliphatic carbocycles. The van der Waals surface area contributed by atoms with Crippen molar-refractivity contribution in [2.75, 3.05) is 19.4 Å². The third-order valence-corrected chi connectivity index (χ3v) is 6.12. The first-order chi connectivity index (χ1) is 12.5. The average molecular weight is 410 g/mol. The van der Waals surface area contributed by atoms with Crippen LogP contribution >= 0.6 is 7.60 Å². The van der Waals surface area contributed by atoms with Gasteiger partial charge in [-0.15, -0.1) is 0 Å². The Kier molecular flexibility index (Phi) is 17.5. The average Bonchev–Trinajstić information content (AvgIpc) is 2.96. The molecule has 0 aromatic heterocycles. The van der Waals surface area contributed by atoms with Crippen molar-refractivity contribution in [1.82, 2.24) is 0 Å². The zero-order valence-electron chi connectivity index (χ0n) is 17.3. The molecule has 27 heavy (non-hydrogen) atoms. The molecule has 0 bridgehead atoms.